The highest BCUT2D eigenvalue weighted by atomic mass is 35.5. The molecule has 7 nitrogen and oxygen atoms in total. The first-order valence-corrected chi connectivity index (χ1v) is 16.2. The largest absolute Gasteiger partial charge is 0.352 e. The average Bonchev–Trinajstić information content (AvgIpc) is 2.99. The molecule has 0 aliphatic carbocycles. The lowest BCUT2D eigenvalue weighted by Gasteiger charge is -2.33. The fourth-order valence-electron chi connectivity index (χ4n) is 4.70. The van der Waals surface area contributed by atoms with Gasteiger partial charge in [-0.2, -0.15) is 4.31 Å². The van der Waals surface area contributed by atoms with Crippen LogP contribution in [0.1, 0.15) is 31.4 Å². The minimum Gasteiger partial charge on any atom is -0.352 e. The van der Waals surface area contributed by atoms with Crippen molar-refractivity contribution in [2.45, 2.75) is 50.2 Å². The van der Waals surface area contributed by atoms with Crippen molar-refractivity contribution < 1.29 is 18.0 Å². The molecule has 0 bridgehead atoms. The number of halogens is 2. The van der Waals surface area contributed by atoms with Crippen molar-refractivity contribution in [3.63, 3.8) is 0 Å². The summed E-state index contributed by atoms with van der Waals surface area (Å²) in [7, 11) is -2.67. The number of carbonyl (C=O) groups excluding carboxylic acids is 2. The minimum absolute atomic E-state index is 0.0237. The number of rotatable bonds is 12. The quantitative estimate of drug-likeness (QED) is 0.196. The molecule has 226 valence electrons. The Kier molecular flexibility index (Phi) is 10.8. The molecule has 2 amide bonds. The molecule has 0 unspecified atom stereocenters. The second-order valence-electron chi connectivity index (χ2n) is 10.6. The first-order chi connectivity index (χ1) is 20.5. The summed E-state index contributed by atoms with van der Waals surface area (Å²) in [5.41, 5.74) is 1.43. The third-order valence-corrected chi connectivity index (χ3v) is 9.80. The van der Waals surface area contributed by atoms with Crippen LogP contribution in [0.15, 0.2) is 95.9 Å². The Morgan fingerprint density at radius 3 is 2.23 bits per heavy atom. The van der Waals surface area contributed by atoms with Crippen molar-refractivity contribution in [3.05, 3.63) is 112 Å². The van der Waals surface area contributed by atoms with Crippen LogP contribution < -0.4 is 5.32 Å². The van der Waals surface area contributed by atoms with E-state index in [9.17, 15) is 18.0 Å². The van der Waals surface area contributed by atoms with Gasteiger partial charge in [-0.1, -0.05) is 96.9 Å². The Balaban J connectivity index is 1.70. The molecule has 1 N–H and O–H groups in total. The van der Waals surface area contributed by atoms with E-state index in [1.165, 1.54) is 18.0 Å². The van der Waals surface area contributed by atoms with Gasteiger partial charge in [-0.3, -0.25) is 9.59 Å². The van der Waals surface area contributed by atoms with E-state index in [1.54, 1.807) is 30.3 Å². The van der Waals surface area contributed by atoms with Gasteiger partial charge in [0, 0.05) is 36.1 Å². The van der Waals surface area contributed by atoms with Gasteiger partial charge in [0.2, 0.25) is 21.8 Å². The summed E-state index contributed by atoms with van der Waals surface area (Å²) >= 11 is 12.6. The first kappa shape index (κ1) is 32.5. The standard InChI is InChI=1S/C33H35Cl2N3O4S/c1-4-23(2)36-33(40)31(18-24-10-6-5-7-11-24)38(21-27-14-16-28(34)20-30(27)35)32(39)22-37(3)43(41,42)29-17-15-25-12-8-9-13-26(25)19-29/h5-17,19-20,23,31H,4,18,21-22H2,1-3H3,(H,36,40)/t23-,31+/m0/s1. The Morgan fingerprint density at radius 2 is 1.56 bits per heavy atom. The van der Waals surface area contributed by atoms with Crippen LogP contribution in [-0.2, 0) is 32.6 Å². The molecule has 0 spiro atoms. The van der Waals surface area contributed by atoms with Crippen LogP contribution in [0.2, 0.25) is 10.0 Å². The molecule has 0 saturated carbocycles. The normalized spacial score (nSPS) is 13.1. The molecule has 0 radical (unpaired) electrons. The fraction of sp³-hybridized carbons (Fsp3) is 0.273. The van der Waals surface area contributed by atoms with Crippen LogP contribution in [0.5, 0.6) is 0 Å². The molecule has 0 aromatic heterocycles. The molecule has 43 heavy (non-hydrogen) atoms. The van der Waals surface area contributed by atoms with Crippen LogP contribution in [0.25, 0.3) is 10.8 Å². The summed E-state index contributed by atoms with van der Waals surface area (Å²) in [6.07, 6.45) is 0.925. The van der Waals surface area contributed by atoms with E-state index in [2.05, 4.69) is 5.32 Å². The third kappa shape index (κ3) is 8.15. The van der Waals surface area contributed by atoms with Crippen molar-refractivity contribution in [1.82, 2.24) is 14.5 Å². The summed E-state index contributed by atoms with van der Waals surface area (Å²) in [6.45, 7) is 3.34. The zero-order valence-electron chi connectivity index (χ0n) is 24.3. The zero-order chi connectivity index (χ0) is 31.1. The van der Waals surface area contributed by atoms with E-state index in [4.69, 9.17) is 23.2 Å². The molecule has 2 atom stereocenters. The lowest BCUT2D eigenvalue weighted by molar-refractivity contribution is -0.141. The Bertz CT molecular complexity index is 1700. The number of hydrogen-bond acceptors (Lipinski definition) is 4. The lowest BCUT2D eigenvalue weighted by Crippen LogP contribution is -2.54. The van der Waals surface area contributed by atoms with Crippen LogP contribution >= 0.6 is 23.2 Å². The first-order valence-electron chi connectivity index (χ1n) is 14.0. The topological polar surface area (TPSA) is 86.8 Å². The molecule has 0 saturated heterocycles. The second kappa shape index (κ2) is 14.4. The van der Waals surface area contributed by atoms with E-state index in [1.807, 2.05) is 68.4 Å². The van der Waals surface area contributed by atoms with E-state index in [0.717, 1.165) is 20.6 Å². The number of nitrogens with one attached hydrogen (secondary N) is 1. The summed E-state index contributed by atoms with van der Waals surface area (Å²) < 4.78 is 28.2. The number of fused-ring (bicyclic) bond motifs is 1. The number of carbonyl (C=O) groups is 2. The highest BCUT2D eigenvalue weighted by Gasteiger charge is 2.33. The SMILES string of the molecule is CC[C@H](C)NC(=O)[C@@H](Cc1ccccc1)N(Cc1ccc(Cl)cc1Cl)C(=O)CN(C)S(=O)(=O)c1ccc2ccccc2c1. The van der Waals surface area contributed by atoms with Crippen LogP contribution in [0, 0.1) is 0 Å². The number of likely N-dealkylation sites (N-methyl/N-ethyl adjacent to an activating group) is 1. The van der Waals surface area contributed by atoms with Gasteiger partial charge >= 0.3 is 0 Å². The summed E-state index contributed by atoms with van der Waals surface area (Å²) in [4.78, 5) is 29.3. The van der Waals surface area contributed by atoms with Crippen molar-refractivity contribution >= 4 is 55.8 Å². The van der Waals surface area contributed by atoms with Crippen LogP contribution in [0.4, 0.5) is 0 Å². The maximum absolute atomic E-state index is 14.1. The third-order valence-electron chi connectivity index (χ3n) is 7.41. The number of benzene rings is 4. The Morgan fingerprint density at radius 1 is 0.884 bits per heavy atom. The molecule has 4 rings (SSSR count). The number of sulfonamides is 1. The zero-order valence-corrected chi connectivity index (χ0v) is 26.7. The van der Waals surface area contributed by atoms with Crippen LogP contribution in [0.3, 0.4) is 0 Å². The van der Waals surface area contributed by atoms with Gasteiger partial charge in [0.15, 0.2) is 0 Å². The van der Waals surface area contributed by atoms with Crippen molar-refractivity contribution in [1.29, 1.82) is 0 Å². The minimum atomic E-state index is -4.03. The molecule has 0 aliphatic heterocycles. The number of hydrogen-bond donors (Lipinski definition) is 1. The van der Waals surface area contributed by atoms with E-state index < -0.39 is 28.5 Å². The fourth-order valence-corrected chi connectivity index (χ4v) is 6.33. The maximum atomic E-state index is 14.1. The molecular formula is C33H35Cl2N3O4S. The van der Waals surface area contributed by atoms with E-state index >= 15 is 0 Å². The molecule has 10 heteroatoms. The van der Waals surface area contributed by atoms with Crippen LogP contribution in [-0.4, -0.2) is 55.1 Å². The van der Waals surface area contributed by atoms with Gasteiger partial charge in [-0.15, -0.1) is 0 Å². The number of amides is 2. The summed E-state index contributed by atoms with van der Waals surface area (Å²) in [5, 5.41) is 5.45. The van der Waals surface area contributed by atoms with E-state index in [0.29, 0.717) is 22.0 Å². The average molecular weight is 641 g/mol. The van der Waals surface area contributed by atoms with Gasteiger partial charge in [0.05, 0.1) is 11.4 Å². The van der Waals surface area contributed by atoms with Gasteiger partial charge in [-0.25, -0.2) is 8.42 Å². The smallest absolute Gasteiger partial charge is 0.243 e. The monoisotopic (exact) mass is 639 g/mol. The summed E-state index contributed by atoms with van der Waals surface area (Å²) in [6, 6.07) is 25.6. The van der Waals surface area contributed by atoms with Gasteiger partial charge in [0.25, 0.3) is 0 Å². The Labute approximate surface area is 263 Å². The van der Waals surface area contributed by atoms with Crippen molar-refractivity contribution in [2.24, 2.45) is 0 Å². The predicted molar refractivity (Wildman–Crippen MR) is 173 cm³/mol. The van der Waals surface area contributed by atoms with Gasteiger partial charge in [-0.05, 0) is 59.5 Å². The van der Waals surface area contributed by atoms with Gasteiger partial charge < -0.3 is 10.2 Å². The lowest BCUT2D eigenvalue weighted by atomic mass is 10.0. The van der Waals surface area contributed by atoms with Crippen molar-refractivity contribution in [3.8, 4) is 0 Å². The Hall–Kier alpha value is -3.43. The highest BCUT2D eigenvalue weighted by Crippen LogP contribution is 2.25. The van der Waals surface area contributed by atoms with Crippen molar-refractivity contribution in [2.75, 3.05) is 13.6 Å². The number of nitrogens with zero attached hydrogens (tertiary/aromatic N) is 2. The van der Waals surface area contributed by atoms with Gasteiger partial charge in [0.1, 0.15) is 6.04 Å². The predicted octanol–water partition coefficient (Wildman–Crippen LogP) is 6.32. The highest BCUT2D eigenvalue weighted by molar-refractivity contribution is 7.89. The molecule has 4 aromatic rings. The van der Waals surface area contributed by atoms with E-state index in [-0.39, 0.29) is 29.8 Å². The molecular weight excluding hydrogens is 605 g/mol. The molecule has 0 aliphatic rings. The molecule has 0 heterocycles. The molecule has 0 fully saturated rings. The summed E-state index contributed by atoms with van der Waals surface area (Å²) in [5.74, 6) is -0.880. The maximum Gasteiger partial charge on any atom is 0.243 e. The molecule has 4 aromatic carbocycles. The second-order valence-corrected chi connectivity index (χ2v) is 13.4.